The van der Waals surface area contributed by atoms with Gasteiger partial charge in [0, 0.05) is 12.6 Å². The van der Waals surface area contributed by atoms with E-state index in [1.54, 1.807) is 13.8 Å². The van der Waals surface area contributed by atoms with Gasteiger partial charge in [-0.3, -0.25) is 5.10 Å². The largest absolute Gasteiger partial charge is 0.383 e. The number of anilines is 1. The van der Waals surface area contributed by atoms with Crippen LogP contribution in [-0.2, 0) is 10.0 Å². The highest BCUT2D eigenvalue weighted by Gasteiger charge is 2.28. The summed E-state index contributed by atoms with van der Waals surface area (Å²) < 4.78 is 25.7. The maximum Gasteiger partial charge on any atom is 0.248 e. The van der Waals surface area contributed by atoms with Crippen LogP contribution < -0.4 is 5.73 Å². The molecule has 0 aliphatic heterocycles. The molecule has 16 heavy (non-hydrogen) atoms. The number of nitrogen functional groups attached to an aromatic ring is 1. The lowest BCUT2D eigenvalue weighted by atomic mass is 10.4. The zero-order valence-electron chi connectivity index (χ0n) is 9.34. The quantitative estimate of drug-likeness (QED) is 0.741. The maximum absolute atomic E-state index is 12.2. The summed E-state index contributed by atoms with van der Waals surface area (Å²) in [5.41, 5.74) is 5.51. The third-order valence-electron chi connectivity index (χ3n) is 2.10. The number of nitrogens with one attached hydrogen (secondary N) is 1. The van der Waals surface area contributed by atoms with Crippen molar-refractivity contribution in [1.29, 1.82) is 0 Å². The van der Waals surface area contributed by atoms with E-state index in [0.717, 1.165) is 0 Å². The van der Waals surface area contributed by atoms with Crippen molar-refractivity contribution in [3.05, 3.63) is 18.9 Å². The molecule has 0 saturated carbocycles. The van der Waals surface area contributed by atoms with E-state index in [1.807, 2.05) is 0 Å². The fourth-order valence-electron chi connectivity index (χ4n) is 1.33. The Kier molecular flexibility index (Phi) is 3.71. The highest BCUT2D eigenvalue weighted by atomic mass is 32.2. The lowest BCUT2D eigenvalue weighted by molar-refractivity contribution is 0.383. The number of H-pyrrole nitrogens is 1. The van der Waals surface area contributed by atoms with Crippen LogP contribution in [0.5, 0.6) is 0 Å². The minimum atomic E-state index is -3.61. The molecule has 6 nitrogen and oxygen atoms in total. The maximum atomic E-state index is 12.2. The molecule has 3 N–H and O–H groups in total. The lowest BCUT2D eigenvalue weighted by Crippen LogP contribution is -2.37. The van der Waals surface area contributed by atoms with Crippen molar-refractivity contribution < 1.29 is 8.42 Å². The van der Waals surface area contributed by atoms with E-state index >= 15 is 0 Å². The Morgan fingerprint density at radius 1 is 1.69 bits per heavy atom. The standard InChI is InChI=1S/C9H16N4O2S/c1-4-5-13(7(2)3)16(14,15)8-6-11-12-9(8)10/h4,6-7H,1,5H2,2-3H3,(H3,10,11,12). The Morgan fingerprint density at radius 3 is 2.69 bits per heavy atom. The SMILES string of the molecule is C=CCN(C(C)C)S(=O)(=O)c1cn[nH]c1N. The zero-order valence-corrected chi connectivity index (χ0v) is 10.2. The van der Waals surface area contributed by atoms with Crippen molar-refractivity contribution in [3.8, 4) is 0 Å². The molecule has 1 aromatic rings. The monoisotopic (exact) mass is 244 g/mol. The van der Waals surface area contributed by atoms with Crippen LogP contribution >= 0.6 is 0 Å². The Morgan fingerprint density at radius 2 is 2.31 bits per heavy atom. The highest BCUT2D eigenvalue weighted by molar-refractivity contribution is 7.89. The Balaban J connectivity index is 3.18. The van der Waals surface area contributed by atoms with Crippen LogP contribution in [0.1, 0.15) is 13.8 Å². The molecule has 0 amide bonds. The molecule has 0 atom stereocenters. The number of aromatic amines is 1. The highest BCUT2D eigenvalue weighted by Crippen LogP contribution is 2.21. The van der Waals surface area contributed by atoms with E-state index in [2.05, 4.69) is 16.8 Å². The Bertz CT molecular complexity index is 464. The summed E-state index contributed by atoms with van der Waals surface area (Å²) in [7, 11) is -3.61. The van der Waals surface area contributed by atoms with Crippen molar-refractivity contribution >= 4 is 15.8 Å². The van der Waals surface area contributed by atoms with E-state index in [1.165, 1.54) is 16.6 Å². The van der Waals surface area contributed by atoms with Gasteiger partial charge in [0.1, 0.15) is 10.7 Å². The van der Waals surface area contributed by atoms with Crippen molar-refractivity contribution in [2.24, 2.45) is 0 Å². The molecule has 0 aromatic carbocycles. The van der Waals surface area contributed by atoms with E-state index in [0.29, 0.717) is 0 Å². The average molecular weight is 244 g/mol. The fourth-order valence-corrected chi connectivity index (χ4v) is 2.95. The van der Waals surface area contributed by atoms with Gasteiger partial charge in [-0.25, -0.2) is 8.42 Å². The minimum absolute atomic E-state index is 0.00282. The van der Waals surface area contributed by atoms with Crippen LogP contribution in [0.4, 0.5) is 5.82 Å². The van der Waals surface area contributed by atoms with Gasteiger partial charge in [-0.2, -0.15) is 9.40 Å². The number of aromatic nitrogens is 2. The number of hydrogen-bond donors (Lipinski definition) is 2. The molecule has 0 radical (unpaired) electrons. The Labute approximate surface area is 95.2 Å². The first kappa shape index (κ1) is 12.7. The van der Waals surface area contributed by atoms with E-state index in [4.69, 9.17) is 5.73 Å². The third-order valence-corrected chi connectivity index (χ3v) is 4.17. The minimum Gasteiger partial charge on any atom is -0.383 e. The molecule has 7 heteroatoms. The molecule has 0 aliphatic rings. The fraction of sp³-hybridized carbons (Fsp3) is 0.444. The summed E-state index contributed by atoms with van der Waals surface area (Å²) >= 11 is 0. The molecule has 0 bridgehead atoms. The Hall–Kier alpha value is -1.34. The van der Waals surface area contributed by atoms with Gasteiger partial charge in [-0.15, -0.1) is 6.58 Å². The van der Waals surface area contributed by atoms with Gasteiger partial charge < -0.3 is 5.73 Å². The van der Waals surface area contributed by atoms with Crippen molar-refractivity contribution in [2.75, 3.05) is 12.3 Å². The summed E-state index contributed by atoms with van der Waals surface area (Å²) in [6.07, 6.45) is 2.75. The first-order valence-electron chi connectivity index (χ1n) is 4.82. The number of nitrogens with two attached hydrogens (primary N) is 1. The molecule has 1 rings (SSSR count). The zero-order chi connectivity index (χ0) is 12.3. The van der Waals surface area contributed by atoms with Gasteiger partial charge in [0.15, 0.2) is 0 Å². The molecule has 0 spiro atoms. The van der Waals surface area contributed by atoms with Crippen LogP contribution in [-0.4, -0.2) is 35.5 Å². The second-order valence-electron chi connectivity index (χ2n) is 3.61. The second kappa shape index (κ2) is 4.67. The van der Waals surface area contributed by atoms with Gasteiger partial charge in [0.25, 0.3) is 0 Å². The topological polar surface area (TPSA) is 92.1 Å². The van der Waals surface area contributed by atoms with Crippen LogP contribution in [0.3, 0.4) is 0 Å². The summed E-state index contributed by atoms with van der Waals surface area (Å²) in [4.78, 5) is 0.00282. The van der Waals surface area contributed by atoms with Crippen LogP contribution in [0.25, 0.3) is 0 Å². The normalized spacial score (nSPS) is 12.2. The molecule has 0 saturated heterocycles. The molecule has 90 valence electrons. The third kappa shape index (κ3) is 2.25. The number of sulfonamides is 1. The first-order chi connectivity index (χ1) is 7.41. The summed E-state index contributed by atoms with van der Waals surface area (Å²) in [6.45, 7) is 7.36. The predicted octanol–water partition coefficient (Wildman–Crippen LogP) is 0.577. The number of nitrogens with zero attached hydrogens (tertiary/aromatic N) is 2. The summed E-state index contributed by atoms with van der Waals surface area (Å²) in [5.74, 6) is 0.0507. The second-order valence-corrected chi connectivity index (χ2v) is 5.46. The molecule has 1 heterocycles. The van der Waals surface area contributed by atoms with Crippen molar-refractivity contribution in [1.82, 2.24) is 14.5 Å². The van der Waals surface area contributed by atoms with E-state index in [9.17, 15) is 8.42 Å². The molecule has 1 aromatic heterocycles. The van der Waals surface area contributed by atoms with Crippen molar-refractivity contribution in [3.63, 3.8) is 0 Å². The number of rotatable bonds is 5. The molecule has 0 unspecified atom stereocenters. The van der Waals surface area contributed by atoms with E-state index in [-0.39, 0.29) is 23.3 Å². The van der Waals surface area contributed by atoms with Crippen LogP contribution in [0, 0.1) is 0 Å². The molecular formula is C9H16N4O2S. The molecule has 0 fully saturated rings. The van der Waals surface area contributed by atoms with E-state index < -0.39 is 10.0 Å². The van der Waals surface area contributed by atoms with Crippen LogP contribution in [0.15, 0.2) is 23.7 Å². The predicted molar refractivity (Wildman–Crippen MR) is 62.2 cm³/mol. The average Bonchev–Trinajstić information content (AvgIpc) is 2.60. The van der Waals surface area contributed by atoms with Crippen LogP contribution in [0.2, 0.25) is 0 Å². The van der Waals surface area contributed by atoms with Crippen molar-refractivity contribution in [2.45, 2.75) is 24.8 Å². The van der Waals surface area contributed by atoms with Gasteiger partial charge in [0.05, 0.1) is 6.20 Å². The number of hydrogen-bond acceptors (Lipinski definition) is 4. The lowest BCUT2D eigenvalue weighted by Gasteiger charge is -2.23. The smallest absolute Gasteiger partial charge is 0.248 e. The molecule has 0 aliphatic carbocycles. The molecular weight excluding hydrogens is 228 g/mol. The van der Waals surface area contributed by atoms with Gasteiger partial charge in [-0.05, 0) is 13.8 Å². The summed E-state index contributed by atoms with van der Waals surface area (Å²) in [5, 5.41) is 6.01. The van der Waals surface area contributed by atoms with Gasteiger partial charge in [0.2, 0.25) is 10.0 Å². The van der Waals surface area contributed by atoms with Gasteiger partial charge >= 0.3 is 0 Å². The summed E-state index contributed by atoms with van der Waals surface area (Å²) in [6, 6.07) is -0.169. The van der Waals surface area contributed by atoms with Gasteiger partial charge in [-0.1, -0.05) is 6.08 Å². The first-order valence-corrected chi connectivity index (χ1v) is 6.26.